The molecule has 6 nitrogen and oxygen atoms in total. The fourth-order valence-corrected chi connectivity index (χ4v) is 6.48. The largest absolute Gasteiger partial charge is 0.501 e. The highest BCUT2D eigenvalue weighted by Crippen LogP contribution is 2.21. The van der Waals surface area contributed by atoms with Gasteiger partial charge in [-0.25, -0.2) is 0 Å². The molecule has 0 heterocycles. The molecule has 0 rings (SSSR count). The van der Waals surface area contributed by atoms with Crippen LogP contribution in [0.1, 0.15) is 96.3 Å². The zero-order valence-electron chi connectivity index (χ0n) is 22.8. The minimum atomic E-state index is -2.76. The van der Waals surface area contributed by atoms with Gasteiger partial charge in [0.25, 0.3) is 0 Å². The Morgan fingerprint density at radius 1 is 0.471 bits per heavy atom. The first-order chi connectivity index (χ1) is 16.7. The van der Waals surface area contributed by atoms with Gasteiger partial charge in [0, 0.05) is 27.4 Å². The van der Waals surface area contributed by atoms with Gasteiger partial charge in [-0.05, 0) is 19.3 Å². The quantitative estimate of drug-likeness (QED) is 0.0624. The molecule has 0 fully saturated rings. The van der Waals surface area contributed by atoms with Crippen LogP contribution in [0, 0.1) is 0 Å². The summed E-state index contributed by atoms with van der Waals surface area (Å²) in [5.41, 5.74) is 0. The molecule has 0 aromatic rings. The van der Waals surface area contributed by atoms with Crippen molar-refractivity contribution in [2.75, 3.05) is 61.0 Å². The molecule has 0 saturated carbocycles. The van der Waals surface area contributed by atoms with E-state index in [9.17, 15) is 0 Å². The Morgan fingerprint density at radius 2 is 0.794 bits per heavy atom. The molecule has 204 valence electrons. The van der Waals surface area contributed by atoms with Crippen LogP contribution in [-0.2, 0) is 27.5 Å². The lowest BCUT2D eigenvalue weighted by atomic mass is 10.0. The van der Waals surface area contributed by atoms with Gasteiger partial charge in [0.05, 0.1) is 39.6 Å². The standard InChI is InChI=1S/C27H56O6Si/c1-5-6-7-8-9-10-11-12-13-14-15-16-17-18-19-20-27-34(31-24-21-28-2,32-25-22-29-3)33-26-23-30-4/h5H,1,6-27H2,2-4H3. The van der Waals surface area contributed by atoms with E-state index >= 15 is 0 Å². The van der Waals surface area contributed by atoms with Crippen molar-refractivity contribution in [3.05, 3.63) is 12.7 Å². The van der Waals surface area contributed by atoms with Gasteiger partial charge >= 0.3 is 8.80 Å². The van der Waals surface area contributed by atoms with Crippen LogP contribution in [0.15, 0.2) is 12.7 Å². The highest BCUT2D eigenvalue weighted by molar-refractivity contribution is 6.60. The zero-order valence-corrected chi connectivity index (χ0v) is 23.8. The topological polar surface area (TPSA) is 55.4 Å². The van der Waals surface area contributed by atoms with E-state index in [0.29, 0.717) is 39.6 Å². The molecule has 0 spiro atoms. The summed E-state index contributed by atoms with van der Waals surface area (Å²) in [6.07, 6.45) is 21.9. The summed E-state index contributed by atoms with van der Waals surface area (Å²) >= 11 is 0. The van der Waals surface area contributed by atoms with E-state index in [2.05, 4.69) is 6.58 Å². The summed E-state index contributed by atoms with van der Waals surface area (Å²) < 4.78 is 33.9. The lowest BCUT2D eigenvalue weighted by Crippen LogP contribution is -2.48. The summed E-state index contributed by atoms with van der Waals surface area (Å²) in [7, 11) is 2.27. The monoisotopic (exact) mass is 504 g/mol. The normalized spacial score (nSPS) is 11.9. The minimum Gasteiger partial charge on any atom is -0.382 e. The molecule has 0 aliphatic rings. The van der Waals surface area contributed by atoms with Gasteiger partial charge in [-0.2, -0.15) is 0 Å². The summed E-state index contributed by atoms with van der Waals surface area (Å²) in [5, 5.41) is 0. The van der Waals surface area contributed by atoms with E-state index in [1.165, 1.54) is 89.9 Å². The Labute approximate surface area is 212 Å². The van der Waals surface area contributed by atoms with Gasteiger partial charge < -0.3 is 27.5 Å². The number of methoxy groups -OCH3 is 3. The molecular weight excluding hydrogens is 448 g/mol. The van der Waals surface area contributed by atoms with Crippen molar-refractivity contribution >= 4 is 8.80 Å². The van der Waals surface area contributed by atoms with E-state index in [4.69, 9.17) is 27.5 Å². The average Bonchev–Trinajstić information content (AvgIpc) is 2.84. The molecule has 34 heavy (non-hydrogen) atoms. The average molecular weight is 505 g/mol. The van der Waals surface area contributed by atoms with E-state index in [1.54, 1.807) is 21.3 Å². The molecule has 0 bridgehead atoms. The molecule has 7 heteroatoms. The van der Waals surface area contributed by atoms with Crippen molar-refractivity contribution in [2.45, 2.75) is 102 Å². The third-order valence-electron chi connectivity index (χ3n) is 5.97. The van der Waals surface area contributed by atoms with Gasteiger partial charge in [0.15, 0.2) is 0 Å². The lowest BCUT2D eigenvalue weighted by molar-refractivity contribution is 0.0142. The number of hydrogen-bond donors (Lipinski definition) is 0. The Morgan fingerprint density at radius 3 is 1.12 bits per heavy atom. The molecule has 0 radical (unpaired) electrons. The fourth-order valence-electron chi connectivity index (χ4n) is 3.93. The molecule has 0 atom stereocenters. The van der Waals surface area contributed by atoms with Gasteiger partial charge in [0.1, 0.15) is 0 Å². The van der Waals surface area contributed by atoms with Crippen molar-refractivity contribution in [1.29, 1.82) is 0 Å². The molecule has 0 aliphatic heterocycles. The molecule has 0 aliphatic carbocycles. The van der Waals surface area contributed by atoms with Crippen LogP contribution in [0.2, 0.25) is 6.04 Å². The Kier molecular flexibility index (Phi) is 27.1. The van der Waals surface area contributed by atoms with Crippen molar-refractivity contribution < 1.29 is 27.5 Å². The Bertz CT molecular complexity index is 384. The molecule has 0 aromatic carbocycles. The van der Waals surface area contributed by atoms with Gasteiger partial charge in [-0.1, -0.05) is 83.1 Å². The van der Waals surface area contributed by atoms with Crippen molar-refractivity contribution in [3.63, 3.8) is 0 Å². The van der Waals surface area contributed by atoms with Crippen molar-refractivity contribution in [1.82, 2.24) is 0 Å². The highest BCUT2D eigenvalue weighted by Gasteiger charge is 2.40. The van der Waals surface area contributed by atoms with E-state index in [1.807, 2.05) is 6.08 Å². The maximum atomic E-state index is 6.14. The molecule has 0 aromatic heterocycles. The van der Waals surface area contributed by atoms with Gasteiger partial charge in [-0.3, -0.25) is 0 Å². The molecule has 0 saturated heterocycles. The maximum Gasteiger partial charge on any atom is 0.501 e. The van der Waals surface area contributed by atoms with Crippen LogP contribution in [0.4, 0.5) is 0 Å². The Balaban J connectivity index is 3.94. The van der Waals surface area contributed by atoms with Gasteiger partial charge in [-0.15, -0.1) is 6.58 Å². The maximum absolute atomic E-state index is 6.14. The predicted molar refractivity (Wildman–Crippen MR) is 143 cm³/mol. The molecule has 0 N–H and O–H groups in total. The van der Waals surface area contributed by atoms with Crippen molar-refractivity contribution in [2.24, 2.45) is 0 Å². The fraction of sp³-hybridized carbons (Fsp3) is 0.926. The summed E-state index contributed by atoms with van der Waals surface area (Å²) in [6.45, 7) is 6.84. The summed E-state index contributed by atoms with van der Waals surface area (Å²) in [6, 6.07) is 0.831. The van der Waals surface area contributed by atoms with Crippen molar-refractivity contribution in [3.8, 4) is 0 Å². The molecule has 0 unspecified atom stereocenters. The number of unbranched alkanes of at least 4 members (excludes halogenated alkanes) is 14. The van der Waals surface area contributed by atoms with E-state index < -0.39 is 8.80 Å². The van der Waals surface area contributed by atoms with Crippen LogP contribution in [-0.4, -0.2) is 69.8 Å². The van der Waals surface area contributed by atoms with E-state index in [-0.39, 0.29) is 0 Å². The zero-order chi connectivity index (χ0) is 25.0. The number of ether oxygens (including phenoxy) is 3. The number of hydrogen-bond acceptors (Lipinski definition) is 6. The highest BCUT2D eigenvalue weighted by atomic mass is 28.4. The third kappa shape index (κ3) is 22.2. The van der Waals surface area contributed by atoms with Crippen LogP contribution in [0.25, 0.3) is 0 Å². The van der Waals surface area contributed by atoms with Crippen LogP contribution in [0.3, 0.4) is 0 Å². The number of allylic oxidation sites excluding steroid dienone is 1. The van der Waals surface area contributed by atoms with Crippen LogP contribution in [0.5, 0.6) is 0 Å². The smallest absolute Gasteiger partial charge is 0.382 e. The SMILES string of the molecule is C=CCCCCCCCCCCCCCCCC[Si](OCCOC)(OCCOC)OCCOC. The first-order valence-electron chi connectivity index (χ1n) is 13.7. The summed E-state index contributed by atoms with van der Waals surface area (Å²) in [5.74, 6) is 0. The molecular formula is C27H56O6Si. The first-order valence-corrected chi connectivity index (χ1v) is 15.7. The molecule has 0 amide bonds. The second-order valence-electron chi connectivity index (χ2n) is 8.98. The Hall–Kier alpha value is -0.283. The van der Waals surface area contributed by atoms with E-state index in [0.717, 1.165) is 12.5 Å². The summed E-state index contributed by atoms with van der Waals surface area (Å²) in [4.78, 5) is 0. The third-order valence-corrected chi connectivity index (χ3v) is 8.87. The van der Waals surface area contributed by atoms with Crippen LogP contribution >= 0.6 is 0 Å². The second-order valence-corrected chi connectivity index (χ2v) is 11.7. The lowest BCUT2D eigenvalue weighted by Gasteiger charge is -2.29. The van der Waals surface area contributed by atoms with Crippen LogP contribution < -0.4 is 0 Å². The van der Waals surface area contributed by atoms with Gasteiger partial charge in [0.2, 0.25) is 0 Å². The minimum absolute atomic E-state index is 0.484. The second kappa shape index (κ2) is 27.3. The predicted octanol–water partition coefficient (Wildman–Crippen LogP) is 6.95. The first kappa shape index (κ1) is 33.7. The number of rotatable bonds is 29.